The maximum absolute atomic E-state index is 5.95. The molecule has 20 heavy (non-hydrogen) atoms. The van der Waals surface area contributed by atoms with Crippen molar-refractivity contribution < 1.29 is 4.42 Å². The summed E-state index contributed by atoms with van der Waals surface area (Å²) in [6.07, 6.45) is 6.48. The molecule has 2 rings (SSSR count). The maximum atomic E-state index is 5.95. The second kappa shape index (κ2) is 7.84. The number of nitrogens with one attached hydrogen (secondary N) is 1. The minimum atomic E-state index is 0.814. The van der Waals surface area contributed by atoms with Gasteiger partial charge in [-0.2, -0.15) is 0 Å². The van der Waals surface area contributed by atoms with Gasteiger partial charge in [0.1, 0.15) is 11.5 Å². The van der Waals surface area contributed by atoms with E-state index < -0.39 is 0 Å². The molecule has 0 radical (unpaired) electrons. The van der Waals surface area contributed by atoms with Crippen LogP contribution in [-0.2, 0) is 13.1 Å². The Morgan fingerprint density at radius 2 is 2.10 bits per heavy atom. The van der Waals surface area contributed by atoms with E-state index in [-0.39, 0.29) is 0 Å². The van der Waals surface area contributed by atoms with E-state index >= 15 is 0 Å². The summed E-state index contributed by atoms with van der Waals surface area (Å²) in [6, 6.07) is 3.06. The van der Waals surface area contributed by atoms with Crippen molar-refractivity contribution in [3.8, 4) is 0 Å². The molecule has 1 heterocycles. The second-order valence-corrected chi connectivity index (χ2v) is 6.03. The summed E-state index contributed by atoms with van der Waals surface area (Å²) >= 11 is 0. The summed E-state index contributed by atoms with van der Waals surface area (Å²) in [6.45, 7) is 10.7. The third-order valence-corrected chi connectivity index (χ3v) is 4.03. The average molecular weight is 278 g/mol. The van der Waals surface area contributed by atoms with Gasteiger partial charge in [0.25, 0.3) is 0 Å². The third kappa shape index (κ3) is 4.64. The molecule has 1 aliphatic carbocycles. The fourth-order valence-corrected chi connectivity index (χ4v) is 2.63. The fourth-order valence-electron chi connectivity index (χ4n) is 2.63. The molecule has 0 spiro atoms. The first-order valence-electron chi connectivity index (χ1n) is 8.27. The lowest BCUT2D eigenvalue weighted by Gasteiger charge is -2.20. The number of furan rings is 1. The summed E-state index contributed by atoms with van der Waals surface area (Å²) < 4.78 is 5.95. The van der Waals surface area contributed by atoms with E-state index in [1.807, 2.05) is 0 Å². The zero-order valence-electron chi connectivity index (χ0n) is 13.4. The predicted molar refractivity (Wildman–Crippen MR) is 83.8 cm³/mol. The van der Waals surface area contributed by atoms with Gasteiger partial charge in [0.2, 0.25) is 0 Å². The minimum absolute atomic E-state index is 0.814. The normalized spacial score (nSPS) is 15.2. The monoisotopic (exact) mass is 278 g/mol. The molecule has 1 aromatic rings. The van der Waals surface area contributed by atoms with Crippen molar-refractivity contribution in [2.45, 2.75) is 72.0 Å². The van der Waals surface area contributed by atoms with Crippen LogP contribution in [0.4, 0.5) is 0 Å². The quantitative estimate of drug-likeness (QED) is 0.659. The highest BCUT2D eigenvalue weighted by Crippen LogP contribution is 2.29. The molecule has 1 aromatic heterocycles. The van der Waals surface area contributed by atoms with Gasteiger partial charge in [-0.1, -0.05) is 20.3 Å². The van der Waals surface area contributed by atoms with Crippen molar-refractivity contribution in [2.24, 2.45) is 0 Å². The van der Waals surface area contributed by atoms with E-state index in [0.717, 1.165) is 37.2 Å². The Balaban J connectivity index is 1.89. The molecular weight excluding hydrogens is 248 g/mol. The zero-order chi connectivity index (χ0) is 14.4. The van der Waals surface area contributed by atoms with Crippen LogP contribution < -0.4 is 5.32 Å². The lowest BCUT2D eigenvalue weighted by atomic mass is 10.2. The van der Waals surface area contributed by atoms with Crippen molar-refractivity contribution in [3.63, 3.8) is 0 Å². The van der Waals surface area contributed by atoms with Crippen LogP contribution in [0, 0.1) is 6.92 Å². The van der Waals surface area contributed by atoms with E-state index in [4.69, 9.17) is 4.42 Å². The molecule has 0 aromatic carbocycles. The number of nitrogens with zero attached hydrogens (tertiary/aromatic N) is 1. The first-order valence-corrected chi connectivity index (χ1v) is 8.27. The largest absolute Gasteiger partial charge is 0.465 e. The van der Waals surface area contributed by atoms with E-state index in [1.54, 1.807) is 0 Å². The number of hydrogen-bond donors (Lipinski definition) is 1. The second-order valence-electron chi connectivity index (χ2n) is 6.03. The van der Waals surface area contributed by atoms with Gasteiger partial charge in [-0.15, -0.1) is 0 Å². The van der Waals surface area contributed by atoms with Crippen LogP contribution in [0.25, 0.3) is 0 Å². The van der Waals surface area contributed by atoms with Crippen molar-refractivity contribution in [1.82, 2.24) is 10.2 Å². The first kappa shape index (κ1) is 15.6. The van der Waals surface area contributed by atoms with Crippen LogP contribution in [-0.4, -0.2) is 24.0 Å². The topological polar surface area (TPSA) is 28.4 Å². The number of rotatable bonds is 10. The number of hydrogen-bond acceptors (Lipinski definition) is 3. The molecule has 0 saturated heterocycles. The molecule has 3 nitrogen and oxygen atoms in total. The van der Waals surface area contributed by atoms with Gasteiger partial charge in [-0.05, 0) is 51.8 Å². The van der Waals surface area contributed by atoms with E-state index in [1.165, 1.54) is 44.2 Å². The first-order chi connectivity index (χ1) is 9.74. The molecule has 0 unspecified atom stereocenters. The fraction of sp³-hybridized carbons (Fsp3) is 0.765. The minimum Gasteiger partial charge on any atom is -0.465 e. The lowest BCUT2D eigenvalue weighted by molar-refractivity contribution is 0.229. The van der Waals surface area contributed by atoms with Crippen LogP contribution in [0.3, 0.4) is 0 Å². The van der Waals surface area contributed by atoms with Crippen LogP contribution in [0.1, 0.15) is 63.0 Å². The van der Waals surface area contributed by atoms with Gasteiger partial charge >= 0.3 is 0 Å². The highest BCUT2D eigenvalue weighted by atomic mass is 16.3. The van der Waals surface area contributed by atoms with E-state index in [0.29, 0.717) is 0 Å². The molecule has 1 saturated carbocycles. The standard InChI is InChI=1S/C17H30N2O/c1-4-6-10-19(16-7-8-16)13-17-11-15(14(3)20-17)12-18-9-5-2/h11,16,18H,4-10,12-13H2,1-3H3. The van der Waals surface area contributed by atoms with Gasteiger partial charge < -0.3 is 9.73 Å². The molecule has 0 aliphatic heterocycles. The van der Waals surface area contributed by atoms with Gasteiger partial charge in [0.15, 0.2) is 0 Å². The predicted octanol–water partition coefficient (Wildman–Crippen LogP) is 3.85. The molecule has 0 atom stereocenters. The highest BCUT2D eigenvalue weighted by molar-refractivity contribution is 5.20. The Bertz CT molecular complexity index is 396. The van der Waals surface area contributed by atoms with Gasteiger partial charge in [-0.25, -0.2) is 0 Å². The molecule has 1 aliphatic rings. The zero-order valence-corrected chi connectivity index (χ0v) is 13.4. The van der Waals surface area contributed by atoms with Gasteiger partial charge in [-0.3, -0.25) is 4.90 Å². The molecule has 1 fully saturated rings. The van der Waals surface area contributed by atoms with E-state index in [9.17, 15) is 0 Å². The summed E-state index contributed by atoms with van der Waals surface area (Å²) in [5.41, 5.74) is 1.32. The maximum Gasteiger partial charge on any atom is 0.118 e. The Morgan fingerprint density at radius 3 is 2.75 bits per heavy atom. The Morgan fingerprint density at radius 1 is 1.30 bits per heavy atom. The summed E-state index contributed by atoms with van der Waals surface area (Å²) in [7, 11) is 0. The molecule has 3 heteroatoms. The number of aryl methyl sites for hydroxylation is 1. The van der Waals surface area contributed by atoms with Crippen molar-refractivity contribution >= 4 is 0 Å². The van der Waals surface area contributed by atoms with Crippen molar-refractivity contribution in [2.75, 3.05) is 13.1 Å². The summed E-state index contributed by atoms with van der Waals surface area (Å²) in [4.78, 5) is 2.60. The molecule has 114 valence electrons. The SMILES string of the molecule is CCCCN(Cc1cc(CNCCC)c(C)o1)C1CC1. The van der Waals surface area contributed by atoms with E-state index in [2.05, 4.69) is 37.1 Å². The Kier molecular flexibility index (Phi) is 6.11. The van der Waals surface area contributed by atoms with Crippen molar-refractivity contribution in [3.05, 3.63) is 23.2 Å². The van der Waals surface area contributed by atoms with Gasteiger partial charge in [0, 0.05) is 18.2 Å². The summed E-state index contributed by atoms with van der Waals surface area (Å²) in [5, 5.41) is 3.45. The molecular formula is C17H30N2O. The highest BCUT2D eigenvalue weighted by Gasteiger charge is 2.29. The van der Waals surface area contributed by atoms with Crippen LogP contribution in [0.15, 0.2) is 10.5 Å². The van der Waals surface area contributed by atoms with Gasteiger partial charge in [0.05, 0.1) is 6.54 Å². The average Bonchev–Trinajstić information content (AvgIpc) is 3.21. The lowest BCUT2D eigenvalue weighted by Crippen LogP contribution is -2.26. The third-order valence-electron chi connectivity index (χ3n) is 4.03. The van der Waals surface area contributed by atoms with Crippen LogP contribution in [0.2, 0.25) is 0 Å². The number of unbranched alkanes of at least 4 members (excludes halogenated alkanes) is 1. The summed E-state index contributed by atoms with van der Waals surface area (Å²) in [5.74, 6) is 2.22. The van der Waals surface area contributed by atoms with Crippen molar-refractivity contribution in [1.29, 1.82) is 0 Å². The molecule has 1 N–H and O–H groups in total. The van der Waals surface area contributed by atoms with Crippen LogP contribution in [0.5, 0.6) is 0 Å². The molecule has 0 bridgehead atoms. The molecule has 0 amide bonds. The Labute approximate surface area is 123 Å². The Hall–Kier alpha value is -0.800. The smallest absolute Gasteiger partial charge is 0.118 e. The van der Waals surface area contributed by atoms with Crippen LogP contribution >= 0.6 is 0 Å².